The summed E-state index contributed by atoms with van der Waals surface area (Å²) in [6, 6.07) is 12.1. The first-order valence-electron chi connectivity index (χ1n) is 9.35. The fourth-order valence-electron chi connectivity index (χ4n) is 3.29. The fourth-order valence-corrected chi connectivity index (χ4v) is 3.51. The molecule has 3 heterocycles. The third-order valence-electron chi connectivity index (χ3n) is 4.68. The molecule has 9 heteroatoms. The van der Waals surface area contributed by atoms with Crippen LogP contribution in [0, 0.1) is 0 Å². The van der Waals surface area contributed by atoms with Crippen LogP contribution in [0.3, 0.4) is 0 Å². The standard InChI is InChI=1S/C19H24N6O2S/c26-11-7-20-19(28)21-15-5-3-14(4-6-15)17-22-18(24-9-12-27-13-10-24)16-2-1-8-25(16)23-17/h1-6,8,17,23,26H,7,9-13H2,(H2,20,21,28). The largest absolute Gasteiger partial charge is 0.395 e. The normalized spacial score (nSPS) is 18.7. The lowest BCUT2D eigenvalue weighted by Gasteiger charge is -2.34. The van der Waals surface area contributed by atoms with Gasteiger partial charge in [0.1, 0.15) is 5.69 Å². The van der Waals surface area contributed by atoms with Gasteiger partial charge in [0.05, 0.1) is 19.8 Å². The second-order valence-corrected chi connectivity index (χ2v) is 6.98. The Labute approximate surface area is 169 Å². The lowest BCUT2D eigenvalue weighted by atomic mass is 10.1. The Morgan fingerprint density at radius 2 is 2.04 bits per heavy atom. The predicted molar refractivity (Wildman–Crippen MR) is 113 cm³/mol. The molecule has 2 aliphatic heterocycles. The zero-order valence-electron chi connectivity index (χ0n) is 15.5. The maximum atomic E-state index is 8.85. The van der Waals surface area contributed by atoms with Gasteiger partial charge >= 0.3 is 0 Å². The van der Waals surface area contributed by atoms with Crippen LogP contribution in [0.1, 0.15) is 17.4 Å². The smallest absolute Gasteiger partial charge is 0.170 e. The molecule has 0 spiro atoms. The van der Waals surface area contributed by atoms with Gasteiger partial charge in [-0.2, -0.15) is 0 Å². The molecule has 8 nitrogen and oxygen atoms in total. The minimum atomic E-state index is -0.175. The molecule has 1 aromatic heterocycles. The van der Waals surface area contributed by atoms with Crippen molar-refractivity contribution in [3.8, 4) is 0 Å². The highest BCUT2D eigenvalue weighted by molar-refractivity contribution is 7.80. The zero-order chi connectivity index (χ0) is 19.3. The summed E-state index contributed by atoms with van der Waals surface area (Å²) in [5.41, 5.74) is 6.45. The second-order valence-electron chi connectivity index (χ2n) is 6.57. The summed E-state index contributed by atoms with van der Waals surface area (Å²) >= 11 is 5.19. The summed E-state index contributed by atoms with van der Waals surface area (Å²) in [6.45, 7) is 3.60. The summed E-state index contributed by atoms with van der Waals surface area (Å²) in [4.78, 5) is 7.27. The van der Waals surface area contributed by atoms with Crippen LogP contribution in [-0.2, 0) is 4.74 Å². The number of rotatable bonds is 4. The first-order chi connectivity index (χ1) is 13.7. The molecule has 1 unspecified atom stereocenters. The summed E-state index contributed by atoms with van der Waals surface area (Å²) in [7, 11) is 0. The Morgan fingerprint density at radius 1 is 1.25 bits per heavy atom. The van der Waals surface area contributed by atoms with Crippen LogP contribution in [0.2, 0.25) is 0 Å². The Morgan fingerprint density at radius 3 is 2.79 bits per heavy atom. The third-order valence-corrected chi connectivity index (χ3v) is 4.93. The Balaban J connectivity index is 1.51. The molecule has 1 atom stereocenters. The number of fused-ring (bicyclic) bond motifs is 1. The monoisotopic (exact) mass is 400 g/mol. The molecule has 4 rings (SSSR count). The van der Waals surface area contributed by atoms with Crippen LogP contribution in [0.4, 0.5) is 5.69 Å². The molecule has 1 fully saturated rings. The molecule has 1 saturated heterocycles. The van der Waals surface area contributed by atoms with Gasteiger partial charge in [-0.15, -0.1) is 0 Å². The number of thiocarbonyl (C=S) groups is 1. The number of nitrogens with one attached hydrogen (secondary N) is 3. The van der Waals surface area contributed by atoms with E-state index < -0.39 is 0 Å². The second kappa shape index (κ2) is 8.59. The van der Waals surface area contributed by atoms with Crippen molar-refractivity contribution < 1.29 is 9.84 Å². The SMILES string of the molecule is OCCNC(=S)Nc1ccc(C2N=C(N3CCOCC3)c3cccn3N2)cc1. The minimum absolute atomic E-state index is 0.0406. The molecule has 2 aromatic rings. The van der Waals surface area contributed by atoms with Crippen LogP contribution >= 0.6 is 12.2 Å². The van der Waals surface area contributed by atoms with Crippen molar-refractivity contribution >= 4 is 28.9 Å². The Bertz CT molecular complexity index is 844. The Kier molecular flexibility index (Phi) is 5.75. The molecule has 0 radical (unpaired) electrons. The van der Waals surface area contributed by atoms with Crippen molar-refractivity contribution in [2.24, 2.45) is 4.99 Å². The van der Waals surface area contributed by atoms with Crippen LogP contribution in [-0.4, -0.2) is 65.1 Å². The molecule has 0 bridgehead atoms. The quantitative estimate of drug-likeness (QED) is 0.572. The highest BCUT2D eigenvalue weighted by atomic mass is 32.1. The van der Waals surface area contributed by atoms with E-state index in [1.54, 1.807) is 0 Å². The molecule has 1 aromatic carbocycles. The Hall–Kier alpha value is -2.62. The number of benzene rings is 1. The summed E-state index contributed by atoms with van der Waals surface area (Å²) in [6.07, 6.45) is 1.84. The van der Waals surface area contributed by atoms with Gasteiger partial charge in [-0.25, -0.2) is 4.99 Å². The molecule has 28 heavy (non-hydrogen) atoms. The van der Waals surface area contributed by atoms with Gasteiger partial charge in [-0.3, -0.25) is 10.1 Å². The van der Waals surface area contributed by atoms with E-state index in [0.717, 1.165) is 49.1 Å². The number of hydrogen-bond acceptors (Lipinski definition) is 6. The number of nitrogens with zero attached hydrogens (tertiary/aromatic N) is 3. The number of aliphatic hydroxyl groups is 1. The lowest BCUT2D eigenvalue weighted by molar-refractivity contribution is 0.0677. The zero-order valence-corrected chi connectivity index (χ0v) is 16.3. The minimum Gasteiger partial charge on any atom is -0.395 e. The van der Waals surface area contributed by atoms with Crippen molar-refractivity contribution in [3.63, 3.8) is 0 Å². The average Bonchev–Trinajstić information content (AvgIpc) is 3.21. The van der Waals surface area contributed by atoms with Crippen molar-refractivity contribution in [1.82, 2.24) is 14.9 Å². The average molecular weight is 401 g/mol. The molecule has 0 saturated carbocycles. The number of aromatic nitrogens is 1. The number of amidine groups is 1. The van der Waals surface area contributed by atoms with Crippen molar-refractivity contribution in [2.45, 2.75) is 6.17 Å². The van der Waals surface area contributed by atoms with E-state index in [-0.39, 0.29) is 12.8 Å². The van der Waals surface area contributed by atoms with Gasteiger partial charge in [0.15, 0.2) is 17.1 Å². The number of hydrogen-bond donors (Lipinski definition) is 4. The first-order valence-corrected chi connectivity index (χ1v) is 9.76. The summed E-state index contributed by atoms with van der Waals surface area (Å²) in [5.74, 6) is 0.994. The van der Waals surface area contributed by atoms with Gasteiger partial charge in [-0.05, 0) is 42.0 Å². The van der Waals surface area contributed by atoms with E-state index in [2.05, 4.69) is 27.0 Å². The summed E-state index contributed by atoms with van der Waals surface area (Å²) in [5, 5.41) is 15.4. The van der Waals surface area contributed by atoms with Crippen LogP contribution in [0.25, 0.3) is 0 Å². The predicted octanol–water partition coefficient (Wildman–Crippen LogP) is 1.10. The molecule has 4 N–H and O–H groups in total. The number of ether oxygens (including phenoxy) is 1. The van der Waals surface area contributed by atoms with Gasteiger partial charge in [0, 0.05) is 31.5 Å². The van der Waals surface area contributed by atoms with E-state index in [1.165, 1.54) is 0 Å². The summed E-state index contributed by atoms with van der Waals surface area (Å²) < 4.78 is 7.52. The highest BCUT2D eigenvalue weighted by Gasteiger charge is 2.26. The molecule has 2 aliphatic rings. The molecule has 0 aliphatic carbocycles. The van der Waals surface area contributed by atoms with Gasteiger partial charge in [0.25, 0.3) is 0 Å². The van der Waals surface area contributed by atoms with Crippen molar-refractivity contribution in [1.29, 1.82) is 0 Å². The maximum absolute atomic E-state index is 8.85. The van der Waals surface area contributed by atoms with Crippen molar-refractivity contribution in [3.05, 3.63) is 53.9 Å². The topological polar surface area (TPSA) is 86.1 Å². The van der Waals surface area contributed by atoms with Crippen molar-refractivity contribution in [2.75, 3.05) is 50.2 Å². The number of aliphatic imine (C=N–C) groups is 1. The maximum Gasteiger partial charge on any atom is 0.170 e. The number of aliphatic hydroxyl groups excluding tert-OH is 1. The fraction of sp³-hybridized carbons (Fsp3) is 0.368. The third kappa shape index (κ3) is 4.11. The van der Waals surface area contributed by atoms with E-state index in [0.29, 0.717) is 11.7 Å². The highest BCUT2D eigenvalue weighted by Crippen LogP contribution is 2.25. The number of morpholine rings is 1. The van der Waals surface area contributed by atoms with E-state index in [4.69, 9.17) is 27.1 Å². The molecule has 0 amide bonds. The molecular weight excluding hydrogens is 376 g/mol. The van der Waals surface area contributed by atoms with Gasteiger partial charge < -0.3 is 25.4 Å². The molecule has 148 valence electrons. The van der Waals surface area contributed by atoms with Crippen LogP contribution in [0.5, 0.6) is 0 Å². The number of anilines is 1. The van der Waals surface area contributed by atoms with Gasteiger partial charge in [-0.1, -0.05) is 12.1 Å². The van der Waals surface area contributed by atoms with E-state index in [1.807, 2.05) is 41.2 Å². The van der Waals surface area contributed by atoms with Gasteiger partial charge in [0.2, 0.25) is 0 Å². The van der Waals surface area contributed by atoms with Crippen LogP contribution < -0.4 is 16.1 Å². The van der Waals surface area contributed by atoms with Crippen LogP contribution in [0.15, 0.2) is 47.6 Å². The first kappa shape index (κ1) is 18.7. The lowest BCUT2D eigenvalue weighted by Crippen LogP contribution is -2.45. The molecular formula is C19H24N6O2S. The van der Waals surface area contributed by atoms with E-state index >= 15 is 0 Å². The van der Waals surface area contributed by atoms with E-state index in [9.17, 15) is 0 Å².